The smallest absolute Gasteiger partial charge is 0.225 e. The molecule has 2 aliphatic rings. The molecule has 33 heavy (non-hydrogen) atoms. The molecular formula is C24H30N8O. The molecule has 2 fully saturated rings. The van der Waals surface area contributed by atoms with E-state index in [9.17, 15) is 4.79 Å². The summed E-state index contributed by atoms with van der Waals surface area (Å²) in [5, 5.41) is 4.14. The van der Waals surface area contributed by atoms with Crippen LogP contribution in [0, 0.1) is 19.8 Å². The molecule has 0 unspecified atom stereocenters. The Morgan fingerprint density at radius 1 is 0.879 bits per heavy atom. The van der Waals surface area contributed by atoms with Gasteiger partial charge < -0.3 is 14.7 Å². The second-order valence-electron chi connectivity index (χ2n) is 8.94. The number of hydrogen-bond acceptors (Lipinski definition) is 7. The van der Waals surface area contributed by atoms with Crippen molar-refractivity contribution in [3.8, 4) is 5.82 Å². The molecule has 0 N–H and O–H groups in total. The zero-order chi connectivity index (χ0) is 22.8. The Hall–Kier alpha value is -3.49. The molecule has 4 heterocycles. The lowest BCUT2D eigenvalue weighted by atomic mass is 9.95. The molecule has 2 aromatic heterocycles. The Bertz CT molecular complexity index is 1100. The number of anilines is 2. The molecule has 0 radical (unpaired) electrons. The van der Waals surface area contributed by atoms with E-state index in [1.165, 1.54) is 23.1 Å². The molecule has 0 aliphatic carbocycles. The lowest BCUT2D eigenvalue weighted by Crippen LogP contribution is -2.52. The van der Waals surface area contributed by atoms with Crippen LogP contribution in [-0.2, 0) is 4.79 Å². The van der Waals surface area contributed by atoms with E-state index in [0.717, 1.165) is 57.9 Å². The summed E-state index contributed by atoms with van der Waals surface area (Å²) in [4.78, 5) is 32.6. The van der Waals surface area contributed by atoms with Crippen molar-refractivity contribution in [3.05, 3.63) is 54.4 Å². The molecule has 1 amide bonds. The summed E-state index contributed by atoms with van der Waals surface area (Å²) in [7, 11) is 0. The van der Waals surface area contributed by atoms with E-state index in [-0.39, 0.29) is 5.92 Å². The van der Waals surface area contributed by atoms with Gasteiger partial charge in [0.2, 0.25) is 5.91 Å². The number of carbonyl (C=O) groups is 1. The van der Waals surface area contributed by atoms with Crippen LogP contribution in [0.1, 0.15) is 24.0 Å². The molecule has 0 spiro atoms. The van der Waals surface area contributed by atoms with Crippen LogP contribution in [-0.4, -0.2) is 74.8 Å². The van der Waals surface area contributed by atoms with Crippen molar-refractivity contribution in [2.45, 2.75) is 26.7 Å². The largest absolute Gasteiger partial charge is 0.368 e. The Labute approximate surface area is 194 Å². The molecule has 9 nitrogen and oxygen atoms in total. The van der Waals surface area contributed by atoms with Crippen LogP contribution in [0.5, 0.6) is 0 Å². The number of aromatic nitrogens is 5. The monoisotopic (exact) mass is 446 g/mol. The average molecular weight is 447 g/mol. The molecule has 5 rings (SSSR count). The number of nitrogens with zero attached hydrogens (tertiary/aromatic N) is 8. The number of hydrogen-bond donors (Lipinski definition) is 0. The van der Waals surface area contributed by atoms with E-state index < -0.39 is 0 Å². The number of piperidine rings is 1. The Morgan fingerprint density at radius 2 is 1.64 bits per heavy atom. The quantitative estimate of drug-likeness (QED) is 0.608. The van der Waals surface area contributed by atoms with Gasteiger partial charge in [-0.2, -0.15) is 5.10 Å². The first-order chi connectivity index (χ1) is 16.1. The van der Waals surface area contributed by atoms with E-state index in [4.69, 9.17) is 0 Å². The SMILES string of the molecule is Cc1ccc(C)c(N2CCN(C(=O)C3CCN(c4cc(-n5cncn5)ncn4)CC3)CC2)c1. The Kier molecular flexibility index (Phi) is 5.93. The maximum absolute atomic E-state index is 13.2. The highest BCUT2D eigenvalue weighted by molar-refractivity contribution is 5.79. The standard InChI is InChI=1S/C24H30N8O/c1-18-3-4-19(2)21(13-18)29-9-11-31(12-10-29)24(33)20-5-7-30(8-6-20)22-14-23(27-16-26-22)32-17-25-15-28-32/h3-4,13-17,20H,5-12H2,1-2H3. The Morgan fingerprint density at radius 3 is 2.36 bits per heavy atom. The van der Waals surface area contributed by atoms with E-state index >= 15 is 0 Å². The van der Waals surface area contributed by atoms with E-state index in [1.807, 2.05) is 6.07 Å². The summed E-state index contributed by atoms with van der Waals surface area (Å²) in [5.41, 5.74) is 3.87. The highest BCUT2D eigenvalue weighted by atomic mass is 16.2. The summed E-state index contributed by atoms with van der Waals surface area (Å²) in [6.07, 6.45) is 6.36. The topological polar surface area (TPSA) is 83.3 Å². The van der Waals surface area contributed by atoms with E-state index in [1.54, 1.807) is 17.3 Å². The first-order valence-electron chi connectivity index (χ1n) is 11.6. The minimum absolute atomic E-state index is 0.0881. The lowest BCUT2D eigenvalue weighted by molar-refractivity contribution is -0.136. The molecule has 9 heteroatoms. The average Bonchev–Trinajstić information content (AvgIpc) is 3.41. The predicted molar refractivity (Wildman–Crippen MR) is 127 cm³/mol. The molecular weight excluding hydrogens is 416 g/mol. The van der Waals surface area contributed by atoms with Gasteiger partial charge in [-0.1, -0.05) is 12.1 Å². The third kappa shape index (κ3) is 4.53. The van der Waals surface area contributed by atoms with Crippen LogP contribution in [0.25, 0.3) is 5.82 Å². The molecule has 2 saturated heterocycles. The summed E-state index contributed by atoms with van der Waals surface area (Å²) in [5.74, 6) is 1.95. The summed E-state index contributed by atoms with van der Waals surface area (Å²) in [6.45, 7) is 9.28. The molecule has 3 aromatic rings. The maximum atomic E-state index is 13.2. The maximum Gasteiger partial charge on any atom is 0.225 e. The number of amides is 1. The van der Waals surface area contributed by atoms with Crippen LogP contribution in [0.3, 0.4) is 0 Å². The van der Waals surface area contributed by atoms with E-state index in [0.29, 0.717) is 11.7 Å². The van der Waals surface area contributed by atoms with Crippen LogP contribution in [0.2, 0.25) is 0 Å². The predicted octanol–water partition coefficient (Wildman–Crippen LogP) is 2.24. The van der Waals surface area contributed by atoms with Gasteiger partial charge in [0.05, 0.1) is 0 Å². The van der Waals surface area contributed by atoms with Crippen molar-refractivity contribution in [1.29, 1.82) is 0 Å². The Balaban J connectivity index is 1.16. The number of aryl methyl sites for hydroxylation is 2. The van der Waals surface area contributed by atoms with Crippen LogP contribution >= 0.6 is 0 Å². The summed E-state index contributed by atoms with van der Waals surface area (Å²) < 4.78 is 1.62. The van der Waals surface area contributed by atoms with Gasteiger partial charge in [-0.3, -0.25) is 4.79 Å². The number of rotatable bonds is 4. The van der Waals surface area contributed by atoms with Crippen LogP contribution in [0.4, 0.5) is 11.5 Å². The minimum Gasteiger partial charge on any atom is -0.368 e. The summed E-state index contributed by atoms with van der Waals surface area (Å²) in [6, 6.07) is 8.51. The molecule has 2 aliphatic heterocycles. The zero-order valence-corrected chi connectivity index (χ0v) is 19.3. The van der Waals surface area contributed by atoms with Gasteiger partial charge in [0.1, 0.15) is 24.8 Å². The normalized spacial score (nSPS) is 17.5. The number of carbonyl (C=O) groups excluding carboxylic acids is 1. The van der Waals surface area contributed by atoms with Gasteiger partial charge >= 0.3 is 0 Å². The third-order valence-corrected chi connectivity index (χ3v) is 6.76. The first-order valence-corrected chi connectivity index (χ1v) is 11.6. The van der Waals surface area contributed by atoms with Crippen molar-refractivity contribution in [3.63, 3.8) is 0 Å². The summed E-state index contributed by atoms with van der Waals surface area (Å²) >= 11 is 0. The molecule has 172 valence electrons. The molecule has 0 bridgehead atoms. The van der Waals surface area contributed by atoms with Crippen LogP contribution in [0.15, 0.2) is 43.2 Å². The fraction of sp³-hybridized carbons (Fsp3) is 0.458. The van der Waals surface area contributed by atoms with Crippen LogP contribution < -0.4 is 9.80 Å². The van der Waals surface area contributed by atoms with Crippen molar-refractivity contribution in [2.24, 2.45) is 5.92 Å². The second kappa shape index (κ2) is 9.17. The molecule has 0 atom stereocenters. The number of benzene rings is 1. The first kappa shape index (κ1) is 21.4. The fourth-order valence-electron chi connectivity index (χ4n) is 4.80. The third-order valence-electron chi connectivity index (χ3n) is 6.76. The zero-order valence-electron chi connectivity index (χ0n) is 19.3. The molecule has 0 saturated carbocycles. The van der Waals surface area contributed by atoms with Gasteiger partial charge in [0.15, 0.2) is 5.82 Å². The van der Waals surface area contributed by atoms with Crippen molar-refractivity contribution >= 4 is 17.4 Å². The van der Waals surface area contributed by atoms with Crippen molar-refractivity contribution in [2.75, 3.05) is 49.1 Å². The lowest BCUT2D eigenvalue weighted by Gasteiger charge is -2.40. The number of piperazine rings is 1. The van der Waals surface area contributed by atoms with Gasteiger partial charge in [-0.25, -0.2) is 19.6 Å². The van der Waals surface area contributed by atoms with E-state index in [2.05, 4.69) is 66.8 Å². The second-order valence-corrected chi connectivity index (χ2v) is 8.94. The minimum atomic E-state index is 0.0881. The van der Waals surface area contributed by atoms with Crippen molar-refractivity contribution < 1.29 is 4.79 Å². The highest BCUT2D eigenvalue weighted by Crippen LogP contribution is 2.26. The fourth-order valence-corrected chi connectivity index (χ4v) is 4.80. The van der Waals surface area contributed by atoms with Gasteiger partial charge in [-0.15, -0.1) is 0 Å². The molecule has 1 aromatic carbocycles. The van der Waals surface area contributed by atoms with Gasteiger partial charge in [0, 0.05) is 56.9 Å². The van der Waals surface area contributed by atoms with Gasteiger partial charge in [0.25, 0.3) is 0 Å². The van der Waals surface area contributed by atoms with Crippen molar-refractivity contribution in [1.82, 2.24) is 29.6 Å². The van der Waals surface area contributed by atoms with Gasteiger partial charge in [-0.05, 0) is 43.9 Å². The highest BCUT2D eigenvalue weighted by Gasteiger charge is 2.31.